The van der Waals surface area contributed by atoms with Crippen molar-refractivity contribution in [2.24, 2.45) is 0 Å². The van der Waals surface area contributed by atoms with Gasteiger partial charge >= 0.3 is 0 Å². The molecule has 1 heterocycles. The second-order valence-electron chi connectivity index (χ2n) is 4.47. The number of rotatable bonds is 5. The SMILES string of the molecule is O=COCc1ccc2ncnc(Nc3ccccc3)c2c1. The minimum Gasteiger partial charge on any atom is -0.463 e. The summed E-state index contributed by atoms with van der Waals surface area (Å²) in [5, 5.41) is 4.15. The molecule has 0 spiro atoms. The molecule has 1 N–H and O–H groups in total. The van der Waals surface area contributed by atoms with Gasteiger partial charge in [0.05, 0.1) is 5.52 Å². The van der Waals surface area contributed by atoms with Gasteiger partial charge in [-0.1, -0.05) is 24.3 Å². The van der Waals surface area contributed by atoms with Crippen LogP contribution in [0.1, 0.15) is 5.56 Å². The number of fused-ring (bicyclic) bond motifs is 1. The maximum absolute atomic E-state index is 10.3. The highest BCUT2D eigenvalue weighted by molar-refractivity contribution is 5.91. The first-order chi connectivity index (χ1) is 10.4. The van der Waals surface area contributed by atoms with E-state index >= 15 is 0 Å². The van der Waals surface area contributed by atoms with Crippen LogP contribution in [0, 0.1) is 0 Å². The highest BCUT2D eigenvalue weighted by atomic mass is 16.5. The number of hydrogen-bond acceptors (Lipinski definition) is 5. The van der Waals surface area contributed by atoms with Crippen LogP contribution in [-0.4, -0.2) is 16.4 Å². The summed E-state index contributed by atoms with van der Waals surface area (Å²) in [5.74, 6) is 0.721. The van der Waals surface area contributed by atoms with Gasteiger partial charge in [-0.15, -0.1) is 0 Å². The maximum Gasteiger partial charge on any atom is 0.293 e. The highest BCUT2D eigenvalue weighted by Crippen LogP contribution is 2.24. The molecule has 0 radical (unpaired) electrons. The Kier molecular flexibility index (Phi) is 3.73. The molecule has 2 aromatic carbocycles. The lowest BCUT2D eigenvalue weighted by atomic mass is 10.1. The molecule has 0 saturated carbocycles. The van der Waals surface area contributed by atoms with Crippen molar-refractivity contribution in [1.82, 2.24) is 9.97 Å². The Morgan fingerprint density at radius 1 is 1.10 bits per heavy atom. The summed E-state index contributed by atoms with van der Waals surface area (Å²) in [7, 11) is 0. The van der Waals surface area contributed by atoms with Crippen molar-refractivity contribution < 1.29 is 9.53 Å². The van der Waals surface area contributed by atoms with Crippen LogP contribution in [0.3, 0.4) is 0 Å². The van der Waals surface area contributed by atoms with E-state index < -0.39 is 0 Å². The standard InChI is InChI=1S/C16H13N3O2/c20-11-21-9-12-6-7-15-14(8-12)16(18-10-17-15)19-13-4-2-1-3-5-13/h1-8,10-11H,9H2,(H,17,18,19). The second kappa shape index (κ2) is 6.00. The molecule has 0 aliphatic heterocycles. The topological polar surface area (TPSA) is 64.1 Å². The largest absolute Gasteiger partial charge is 0.463 e. The fraction of sp³-hybridized carbons (Fsp3) is 0.0625. The Balaban J connectivity index is 1.99. The van der Waals surface area contributed by atoms with Gasteiger partial charge in [0.1, 0.15) is 18.8 Å². The molecule has 21 heavy (non-hydrogen) atoms. The molecule has 5 nitrogen and oxygen atoms in total. The third kappa shape index (κ3) is 2.97. The predicted molar refractivity (Wildman–Crippen MR) is 80.1 cm³/mol. The summed E-state index contributed by atoms with van der Waals surface area (Å²) in [6.07, 6.45) is 1.52. The van der Waals surface area contributed by atoms with Gasteiger partial charge in [-0.3, -0.25) is 4.79 Å². The number of benzene rings is 2. The van der Waals surface area contributed by atoms with E-state index in [0.717, 1.165) is 28.0 Å². The van der Waals surface area contributed by atoms with Crippen LogP contribution in [0.5, 0.6) is 0 Å². The third-order valence-electron chi connectivity index (χ3n) is 3.05. The summed E-state index contributed by atoms with van der Waals surface area (Å²) in [6.45, 7) is 0.675. The first kappa shape index (κ1) is 13.1. The monoisotopic (exact) mass is 279 g/mol. The van der Waals surface area contributed by atoms with Crippen LogP contribution < -0.4 is 5.32 Å². The lowest BCUT2D eigenvalue weighted by Gasteiger charge is -2.09. The summed E-state index contributed by atoms with van der Waals surface area (Å²) >= 11 is 0. The number of anilines is 2. The van der Waals surface area contributed by atoms with Crippen molar-refractivity contribution in [3.05, 3.63) is 60.4 Å². The van der Waals surface area contributed by atoms with Gasteiger partial charge in [0, 0.05) is 11.1 Å². The number of aromatic nitrogens is 2. The Morgan fingerprint density at radius 3 is 2.76 bits per heavy atom. The Morgan fingerprint density at radius 2 is 1.95 bits per heavy atom. The van der Waals surface area contributed by atoms with Crippen molar-refractivity contribution in [2.45, 2.75) is 6.61 Å². The lowest BCUT2D eigenvalue weighted by Crippen LogP contribution is -1.97. The Bertz CT molecular complexity index is 760. The fourth-order valence-electron chi connectivity index (χ4n) is 2.08. The van der Waals surface area contributed by atoms with Gasteiger partial charge in [-0.25, -0.2) is 9.97 Å². The summed E-state index contributed by atoms with van der Waals surface area (Å²) in [5.41, 5.74) is 2.67. The van der Waals surface area contributed by atoms with Gasteiger partial charge in [0.25, 0.3) is 6.47 Å². The van der Waals surface area contributed by atoms with Gasteiger partial charge in [-0.2, -0.15) is 0 Å². The third-order valence-corrected chi connectivity index (χ3v) is 3.05. The number of carbonyl (C=O) groups excluding carboxylic acids is 1. The average Bonchev–Trinajstić information content (AvgIpc) is 2.54. The van der Waals surface area contributed by atoms with Crippen molar-refractivity contribution in [3.8, 4) is 0 Å². The molecule has 5 heteroatoms. The van der Waals surface area contributed by atoms with Crippen molar-refractivity contribution >= 4 is 28.9 Å². The first-order valence-electron chi connectivity index (χ1n) is 6.48. The molecular formula is C16H13N3O2. The number of para-hydroxylation sites is 1. The van der Waals surface area contributed by atoms with E-state index in [9.17, 15) is 4.79 Å². The second-order valence-corrected chi connectivity index (χ2v) is 4.47. The zero-order chi connectivity index (χ0) is 14.5. The molecule has 0 atom stereocenters. The molecule has 0 aliphatic carbocycles. The molecule has 0 amide bonds. The van der Waals surface area contributed by atoms with Crippen LogP contribution in [0.4, 0.5) is 11.5 Å². The highest BCUT2D eigenvalue weighted by Gasteiger charge is 2.05. The zero-order valence-electron chi connectivity index (χ0n) is 11.2. The summed E-state index contributed by atoms with van der Waals surface area (Å²) < 4.78 is 4.78. The molecule has 0 unspecified atom stereocenters. The molecule has 104 valence electrons. The van der Waals surface area contributed by atoms with E-state index in [-0.39, 0.29) is 6.61 Å². The van der Waals surface area contributed by atoms with E-state index in [1.165, 1.54) is 6.33 Å². The number of ether oxygens (including phenoxy) is 1. The predicted octanol–water partition coefficient (Wildman–Crippen LogP) is 3.05. The fourth-order valence-corrected chi connectivity index (χ4v) is 2.08. The number of nitrogens with one attached hydrogen (secondary N) is 1. The molecule has 0 aliphatic rings. The molecule has 0 saturated heterocycles. The van der Waals surface area contributed by atoms with Gasteiger partial charge < -0.3 is 10.1 Å². The van der Waals surface area contributed by atoms with Crippen LogP contribution in [-0.2, 0) is 16.1 Å². The van der Waals surface area contributed by atoms with Crippen LogP contribution in [0.15, 0.2) is 54.9 Å². The zero-order valence-corrected chi connectivity index (χ0v) is 11.2. The quantitative estimate of drug-likeness (QED) is 0.727. The van der Waals surface area contributed by atoms with Crippen LogP contribution in [0.2, 0.25) is 0 Å². The van der Waals surface area contributed by atoms with Gasteiger partial charge in [0.15, 0.2) is 0 Å². The van der Waals surface area contributed by atoms with Crippen LogP contribution >= 0.6 is 0 Å². The maximum atomic E-state index is 10.3. The van der Waals surface area contributed by atoms with E-state index in [2.05, 4.69) is 15.3 Å². The normalized spacial score (nSPS) is 10.3. The molecule has 0 fully saturated rings. The molecule has 3 aromatic rings. The lowest BCUT2D eigenvalue weighted by molar-refractivity contribution is -0.129. The van der Waals surface area contributed by atoms with Gasteiger partial charge in [-0.05, 0) is 29.8 Å². The van der Waals surface area contributed by atoms with Crippen molar-refractivity contribution in [3.63, 3.8) is 0 Å². The molecule has 1 aromatic heterocycles. The first-order valence-corrected chi connectivity index (χ1v) is 6.48. The minimum absolute atomic E-state index is 0.235. The molecule has 0 bridgehead atoms. The van der Waals surface area contributed by atoms with Gasteiger partial charge in [0.2, 0.25) is 0 Å². The Hall–Kier alpha value is -2.95. The molecular weight excluding hydrogens is 266 g/mol. The summed E-state index contributed by atoms with van der Waals surface area (Å²) in [4.78, 5) is 18.8. The van der Waals surface area contributed by atoms with E-state index in [0.29, 0.717) is 6.47 Å². The Labute approximate surface area is 121 Å². The summed E-state index contributed by atoms with van der Waals surface area (Å²) in [6, 6.07) is 15.5. The smallest absolute Gasteiger partial charge is 0.293 e. The van der Waals surface area contributed by atoms with E-state index in [4.69, 9.17) is 4.74 Å². The average molecular weight is 279 g/mol. The van der Waals surface area contributed by atoms with Crippen LogP contribution in [0.25, 0.3) is 10.9 Å². The number of carbonyl (C=O) groups is 1. The van der Waals surface area contributed by atoms with Crippen molar-refractivity contribution in [2.75, 3.05) is 5.32 Å². The number of hydrogen-bond donors (Lipinski definition) is 1. The minimum atomic E-state index is 0.235. The number of nitrogens with zero attached hydrogens (tertiary/aromatic N) is 2. The van der Waals surface area contributed by atoms with E-state index in [1.807, 2.05) is 48.5 Å². The molecule has 3 rings (SSSR count). The van der Waals surface area contributed by atoms with E-state index in [1.54, 1.807) is 0 Å². The van der Waals surface area contributed by atoms with Crippen molar-refractivity contribution in [1.29, 1.82) is 0 Å².